The average Bonchev–Trinajstić information content (AvgIpc) is 2.70. The van der Waals surface area contributed by atoms with E-state index in [4.69, 9.17) is 11.6 Å². The molecule has 0 N–H and O–H groups in total. The van der Waals surface area contributed by atoms with Crippen molar-refractivity contribution < 1.29 is 17.6 Å². The van der Waals surface area contributed by atoms with Gasteiger partial charge >= 0.3 is 0 Å². The van der Waals surface area contributed by atoms with Crippen LogP contribution in [0.25, 0.3) is 0 Å². The van der Waals surface area contributed by atoms with Crippen molar-refractivity contribution in [2.24, 2.45) is 0 Å². The summed E-state index contributed by atoms with van der Waals surface area (Å²) in [5.41, 5.74) is 1.01. The number of amides is 1. The molecule has 0 bridgehead atoms. The molecule has 2 aromatic rings. The van der Waals surface area contributed by atoms with Crippen LogP contribution in [0, 0.1) is 5.82 Å². The minimum Gasteiger partial charge on any atom is -0.337 e. The lowest BCUT2D eigenvalue weighted by Crippen LogP contribution is -2.36. The normalized spacial score (nSPS) is 15.4. The topological polar surface area (TPSA) is 57.7 Å². The molecule has 1 saturated heterocycles. The van der Waals surface area contributed by atoms with Crippen LogP contribution < -0.4 is 0 Å². The third-order valence-electron chi connectivity index (χ3n) is 4.79. The van der Waals surface area contributed by atoms with Gasteiger partial charge in [0.25, 0.3) is 5.91 Å². The Morgan fingerprint density at radius 1 is 1.11 bits per heavy atom. The van der Waals surface area contributed by atoms with Gasteiger partial charge in [0.2, 0.25) is 10.0 Å². The van der Waals surface area contributed by atoms with Gasteiger partial charge in [0.15, 0.2) is 0 Å². The van der Waals surface area contributed by atoms with E-state index in [-0.39, 0.29) is 11.5 Å². The number of halogens is 2. The van der Waals surface area contributed by atoms with Crippen LogP contribution in [0.15, 0.2) is 47.4 Å². The summed E-state index contributed by atoms with van der Waals surface area (Å²) in [5, 5.41) is 0.601. The van der Waals surface area contributed by atoms with Crippen molar-refractivity contribution >= 4 is 27.5 Å². The van der Waals surface area contributed by atoms with Crippen LogP contribution in [0.4, 0.5) is 4.39 Å². The standard InChI is InChI=1S/C20H22ClFN2O3S/c1-23(14-15-5-8-17(21)9-6-15)20(25)16-7-10-18(22)19(13-16)28(26,27)24-11-3-2-4-12-24/h5-10,13H,2-4,11-12,14H2,1H3. The molecular formula is C20H22ClFN2O3S. The zero-order valence-corrected chi connectivity index (χ0v) is 17.1. The molecule has 0 atom stereocenters. The minimum atomic E-state index is -3.97. The van der Waals surface area contributed by atoms with E-state index < -0.39 is 20.7 Å². The molecule has 150 valence electrons. The molecule has 2 aromatic carbocycles. The highest BCUT2D eigenvalue weighted by molar-refractivity contribution is 7.89. The number of sulfonamides is 1. The molecule has 0 aliphatic carbocycles. The molecular weight excluding hydrogens is 403 g/mol. The molecule has 28 heavy (non-hydrogen) atoms. The van der Waals surface area contributed by atoms with E-state index in [1.54, 1.807) is 19.2 Å². The van der Waals surface area contributed by atoms with Crippen LogP contribution in [0.1, 0.15) is 35.2 Å². The first kappa shape index (κ1) is 20.8. The number of hydrogen-bond acceptors (Lipinski definition) is 3. The Hall–Kier alpha value is -1.96. The van der Waals surface area contributed by atoms with Gasteiger partial charge in [0.05, 0.1) is 0 Å². The second kappa shape index (κ2) is 8.59. The molecule has 0 saturated carbocycles. The van der Waals surface area contributed by atoms with Gasteiger partial charge in [-0.2, -0.15) is 4.31 Å². The molecule has 8 heteroatoms. The van der Waals surface area contributed by atoms with E-state index in [0.717, 1.165) is 37.0 Å². The van der Waals surface area contributed by atoms with E-state index in [9.17, 15) is 17.6 Å². The first-order valence-electron chi connectivity index (χ1n) is 9.08. The number of benzene rings is 2. The lowest BCUT2D eigenvalue weighted by atomic mass is 10.1. The van der Waals surface area contributed by atoms with Crippen LogP contribution in [-0.4, -0.2) is 43.7 Å². The van der Waals surface area contributed by atoms with Gasteiger partial charge in [-0.25, -0.2) is 12.8 Å². The smallest absolute Gasteiger partial charge is 0.253 e. The van der Waals surface area contributed by atoms with E-state index in [0.29, 0.717) is 24.7 Å². The van der Waals surface area contributed by atoms with Crippen LogP contribution >= 0.6 is 11.6 Å². The Bertz CT molecular complexity index is 958. The van der Waals surface area contributed by atoms with Gasteiger partial charge < -0.3 is 4.90 Å². The highest BCUT2D eigenvalue weighted by atomic mass is 35.5. The number of carbonyl (C=O) groups excluding carboxylic acids is 1. The molecule has 0 radical (unpaired) electrons. The van der Waals surface area contributed by atoms with Gasteiger partial charge in [-0.05, 0) is 48.7 Å². The number of carbonyl (C=O) groups is 1. The van der Waals surface area contributed by atoms with Crippen molar-refractivity contribution in [1.82, 2.24) is 9.21 Å². The molecule has 0 spiro atoms. The van der Waals surface area contributed by atoms with Crippen molar-refractivity contribution in [3.8, 4) is 0 Å². The van der Waals surface area contributed by atoms with E-state index >= 15 is 0 Å². The van der Waals surface area contributed by atoms with Crippen molar-refractivity contribution in [1.29, 1.82) is 0 Å². The Morgan fingerprint density at radius 3 is 2.39 bits per heavy atom. The minimum absolute atomic E-state index is 0.133. The number of nitrogens with zero attached hydrogens (tertiary/aromatic N) is 2. The maximum Gasteiger partial charge on any atom is 0.253 e. The predicted octanol–water partition coefficient (Wildman–Crippen LogP) is 3.93. The largest absolute Gasteiger partial charge is 0.337 e. The third-order valence-corrected chi connectivity index (χ3v) is 6.96. The SMILES string of the molecule is CN(Cc1ccc(Cl)cc1)C(=O)c1ccc(F)c(S(=O)(=O)N2CCCCC2)c1. The zero-order chi connectivity index (χ0) is 20.3. The highest BCUT2D eigenvalue weighted by Crippen LogP contribution is 2.24. The maximum absolute atomic E-state index is 14.3. The third kappa shape index (κ3) is 4.54. The van der Waals surface area contributed by atoms with Crippen LogP contribution in [-0.2, 0) is 16.6 Å². The van der Waals surface area contributed by atoms with Crippen molar-refractivity contribution in [2.75, 3.05) is 20.1 Å². The van der Waals surface area contributed by atoms with Crippen molar-refractivity contribution in [2.45, 2.75) is 30.7 Å². The van der Waals surface area contributed by atoms with Gasteiger partial charge in [0, 0.05) is 37.3 Å². The lowest BCUT2D eigenvalue weighted by Gasteiger charge is -2.26. The molecule has 1 heterocycles. The fraction of sp³-hybridized carbons (Fsp3) is 0.350. The number of rotatable bonds is 5. The molecule has 1 aliphatic rings. The zero-order valence-electron chi connectivity index (χ0n) is 15.6. The average molecular weight is 425 g/mol. The molecule has 1 aliphatic heterocycles. The van der Waals surface area contributed by atoms with E-state index in [1.165, 1.54) is 15.3 Å². The molecule has 5 nitrogen and oxygen atoms in total. The first-order valence-corrected chi connectivity index (χ1v) is 10.9. The maximum atomic E-state index is 14.3. The fourth-order valence-electron chi connectivity index (χ4n) is 3.23. The monoisotopic (exact) mass is 424 g/mol. The molecule has 0 aromatic heterocycles. The van der Waals surface area contributed by atoms with Gasteiger partial charge in [-0.15, -0.1) is 0 Å². The van der Waals surface area contributed by atoms with Crippen molar-refractivity contribution in [3.05, 3.63) is 64.4 Å². The van der Waals surface area contributed by atoms with Crippen LogP contribution in [0.2, 0.25) is 5.02 Å². The molecule has 0 unspecified atom stereocenters. The molecule has 1 amide bonds. The lowest BCUT2D eigenvalue weighted by molar-refractivity contribution is 0.0784. The number of piperidine rings is 1. The Balaban J connectivity index is 1.83. The fourth-order valence-corrected chi connectivity index (χ4v) is 4.97. The predicted molar refractivity (Wildman–Crippen MR) is 106 cm³/mol. The van der Waals surface area contributed by atoms with Gasteiger partial charge in [-0.3, -0.25) is 4.79 Å². The second-order valence-corrected chi connectivity index (χ2v) is 9.24. The summed E-state index contributed by atoms with van der Waals surface area (Å²) in [6.45, 7) is 1.06. The van der Waals surface area contributed by atoms with E-state index in [1.807, 2.05) is 12.1 Å². The second-order valence-electron chi connectivity index (χ2n) is 6.90. The van der Waals surface area contributed by atoms with Gasteiger partial charge in [0.1, 0.15) is 10.7 Å². The van der Waals surface area contributed by atoms with Crippen LogP contribution in [0.5, 0.6) is 0 Å². The summed E-state index contributed by atoms with van der Waals surface area (Å²) in [7, 11) is -2.35. The summed E-state index contributed by atoms with van der Waals surface area (Å²) in [6.07, 6.45) is 2.47. The summed E-state index contributed by atoms with van der Waals surface area (Å²) in [5.74, 6) is -1.23. The van der Waals surface area contributed by atoms with Gasteiger partial charge in [-0.1, -0.05) is 30.2 Å². The highest BCUT2D eigenvalue weighted by Gasteiger charge is 2.29. The molecule has 1 fully saturated rings. The summed E-state index contributed by atoms with van der Waals surface area (Å²) in [6, 6.07) is 10.6. The Morgan fingerprint density at radius 2 is 1.75 bits per heavy atom. The Labute approximate surface area is 169 Å². The van der Waals surface area contributed by atoms with Crippen molar-refractivity contribution in [3.63, 3.8) is 0 Å². The first-order chi connectivity index (χ1) is 13.3. The Kier molecular flexibility index (Phi) is 6.37. The van der Waals surface area contributed by atoms with Crippen LogP contribution in [0.3, 0.4) is 0 Å². The summed E-state index contributed by atoms with van der Waals surface area (Å²) >= 11 is 5.87. The quantitative estimate of drug-likeness (QED) is 0.730. The van der Waals surface area contributed by atoms with E-state index in [2.05, 4.69) is 0 Å². The summed E-state index contributed by atoms with van der Waals surface area (Å²) < 4.78 is 41.3. The number of hydrogen-bond donors (Lipinski definition) is 0. The summed E-state index contributed by atoms with van der Waals surface area (Å²) in [4.78, 5) is 13.8. The molecule has 3 rings (SSSR count).